The predicted molar refractivity (Wildman–Crippen MR) is 82.6 cm³/mol. The Morgan fingerprint density at radius 1 is 1.05 bits per heavy atom. The molecule has 1 heterocycles. The number of halogens is 1. The molecule has 0 amide bonds. The molecule has 0 saturated carbocycles. The van der Waals surface area contributed by atoms with E-state index in [9.17, 15) is 4.39 Å². The van der Waals surface area contributed by atoms with Gasteiger partial charge < -0.3 is 10.1 Å². The molecule has 0 bridgehead atoms. The summed E-state index contributed by atoms with van der Waals surface area (Å²) in [6.45, 7) is 2.10. The van der Waals surface area contributed by atoms with Crippen LogP contribution in [0, 0.1) is 5.82 Å². The molecule has 0 unspecified atom stereocenters. The van der Waals surface area contributed by atoms with Crippen molar-refractivity contribution in [2.24, 2.45) is 0 Å². The van der Waals surface area contributed by atoms with Crippen LogP contribution in [0.3, 0.4) is 0 Å². The van der Waals surface area contributed by atoms with Crippen molar-refractivity contribution in [3.63, 3.8) is 0 Å². The summed E-state index contributed by atoms with van der Waals surface area (Å²) in [6.07, 6.45) is 2.86. The highest BCUT2D eigenvalue weighted by molar-refractivity contribution is 5.71. The average Bonchev–Trinajstić information content (AvgIpc) is 2.55. The van der Waals surface area contributed by atoms with Crippen molar-refractivity contribution in [3.8, 4) is 5.75 Å². The number of hydrogen-bond donors (Lipinski definition) is 1. The fraction of sp³-hybridized carbons (Fsp3) is 0.222. The lowest BCUT2D eigenvalue weighted by molar-refractivity contribution is 0.303. The molecule has 108 valence electrons. The maximum absolute atomic E-state index is 14.2. The minimum absolute atomic E-state index is 0.214. The second-order valence-electron chi connectivity index (χ2n) is 5.07. The van der Waals surface area contributed by atoms with Gasteiger partial charge in [-0.3, -0.25) is 0 Å². The maximum Gasteiger partial charge on any atom is 0.134 e. The van der Waals surface area contributed by atoms with Crippen LogP contribution in [0.2, 0.25) is 0 Å². The molecule has 1 aliphatic rings. The van der Waals surface area contributed by atoms with Gasteiger partial charge in [-0.05, 0) is 36.2 Å². The van der Waals surface area contributed by atoms with Crippen molar-refractivity contribution in [2.75, 3.05) is 13.1 Å². The van der Waals surface area contributed by atoms with Crippen LogP contribution in [0.5, 0.6) is 5.75 Å². The van der Waals surface area contributed by atoms with Crippen LogP contribution < -0.4 is 10.1 Å². The van der Waals surface area contributed by atoms with E-state index >= 15 is 0 Å². The molecule has 1 aliphatic heterocycles. The molecule has 0 aliphatic carbocycles. The fourth-order valence-electron chi connectivity index (χ4n) is 2.52. The standard InChI is InChI=1S/C18H18FNO/c19-16-7-4-8-17(18(16)15-9-11-20-12-10-15)21-13-14-5-2-1-3-6-14/h1-9,20H,10-13H2. The quantitative estimate of drug-likeness (QED) is 0.922. The minimum atomic E-state index is -0.214. The third-order valence-electron chi connectivity index (χ3n) is 3.60. The van der Waals surface area contributed by atoms with Crippen molar-refractivity contribution in [1.82, 2.24) is 5.32 Å². The molecule has 2 nitrogen and oxygen atoms in total. The summed E-state index contributed by atoms with van der Waals surface area (Å²) < 4.78 is 20.1. The van der Waals surface area contributed by atoms with Gasteiger partial charge in [0.25, 0.3) is 0 Å². The average molecular weight is 283 g/mol. The van der Waals surface area contributed by atoms with E-state index in [0.717, 1.165) is 30.6 Å². The van der Waals surface area contributed by atoms with Crippen molar-refractivity contribution in [2.45, 2.75) is 13.0 Å². The van der Waals surface area contributed by atoms with Crippen molar-refractivity contribution in [3.05, 3.63) is 71.6 Å². The number of rotatable bonds is 4. The molecule has 0 spiro atoms. The zero-order valence-electron chi connectivity index (χ0n) is 11.8. The Bertz CT molecular complexity index is 637. The van der Waals surface area contributed by atoms with Crippen LogP contribution >= 0.6 is 0 Å². The summed E-state index contributed by atoms with van der Waals surface area (Å²) in [6, 6.07) is 14.9. The fourth-order valence-corrected chi connectivity index (χ4v) is 2.52. The largest absolute Gasteiger partial charge is 0.488 e. The van der Waals surface area contributed by atoms with Gasteiger partial charge in [0, 0.05) is 6.54 Å². The first-order valence-electron chi connectivity index (χ1n) is 7.20. The second kappa shape index (κ2) is 6.55. The second-order valence-corrected chi connectivity index (χ2v) is 5.07. The van der Waals surface area contributed by atoms with E-state index in [1.807, 2.05) is 42.5 Å². The Hall–Kier alpha value is -2.13. The third kappa shape index (κ3) is 3.31. The van der Waals surface area contributed by atoms with Crippen LogP contribution in [0.25, 0.3) is 5.57 Å². The van der Waals surface area contributed by atoms with Gasteiger partial charge in [0.05, 0.1) is 5.56 Å². The molecule has 0 saturated heterocycles. The van der Waals surface area contributed by atoms with E-state index in [0.29, 0.717) is 17.9 Å². The van der Waals surface area contributed by atoms with Gasteiger partial charge in [-0.2, -0.15) is 0 Å². The van der Waals surface area contributed by atoms with E-state index < -0.39 is 0 Å². The molecule has 0 fully saturated rings. The van der Waals surface area contributed by atoms with Crippen LogP contribution in [0.1, 0.15) is 17.5 Å². The Morgan fingerprint density at radius 3 is 2.67 bits per heavy atom. The number of benzene rings is 2. The molecule has 3 rings (SSSR count). The summed E-state index contributed by atoms with van der Waals surface area (Å²) in [4.78, 5) is 0. The summed E-state index contributed by atoms with van der Waals surface area (Å²) in [7, 11) is 0. The molecule has 0 aromatic heterocycles. The Labute approximate surface area is 124 Å². The van der Waals surface area contributed by atoms with Crippen LogP contribution in [-0.2, 0) is 6.61 Å². The highest BCUT2D eigenvalue weighted by Gasteiger charge is 2.16. The van der Waals surface area contributed by atoms with E-state index in [1.165, 1.54) is 6.07 Å². The first-order valence-corrected chi connectivity index (χ1v) is 7.20. The normalized spacial score (nSPS) is 14.6. The highest BCUT2D eigenvalue weighted by atomic mass is 19.1. The Balaban J connectivity index is 1.85. The van der Waals surface area contributed by atoms with Gasteiger partial charge in [-0.1, -0.05) is 42.5 Å². The Morgan fingerprint density at radius 2 is 1.90 bits per heavy atom. The van der Waals surface area contributed by atoms with Gasteiger partial charge in [0.2, 0.25) is 0 Å². The zero-order chi connectivity index (χ0) is 14.5. The topological polar surface area (TPSA) is 21.3 Å². The SMILES string of the molecule is Fc1cccc(OCc2ccccc2)c1C1=CCNCC1. The van der Waals surface area contributed by atoms with Crippen molar-refractivity contribution < 1.29 is 9.13 Å². The van der Waals surface area contributed by atoms with Crippen LogP contribution in [0.15, 0.2) is 54.6 Å². The lowest BCUT2D eigenvalue weighted by atomic mass is 9.99. The van der Waals surface area contributed by atoms with E-state index in [4.69, 9.17) is 4.74 Å². The summed E-state index contributed by atoms with van der Waals surface area (Å²) in [5.41, 5.74) is 2.71. The molecule has 0 atom stereocenters. The van der Waals surface area contributed by atoms with Crippen molar-refractivity contribution >= 4 is 5.57 Å². The summed E-state index contributed by atoms with van der Waals surface area (Å²) >= 11 is 0. The number of nitrogens with one attached hydrogen (secondary N) is 1. The molecule has 2 aromatic carbocycles. The predicted octanol–water partition coefficient (Wildman–Crippen LogP) is 3.78. The van der Waals surface area contributed by atoms with E-state index in [1.54, 1.807) is 6.07 Å². The van der Waals surface area contributed by atoms with E-state index in [2.05, 4.69) is 5.32 Å². The molecule has 2 aromatic rings. The summed E-state index contributed by atoms with van der Waals surface area (Å²) in [5.74, 6) is 0.403. The first kappa shape index (κ1) is 13.8. The molecule has 3 heteroatoms. The molecule has 0 radical (unpaired) electrons. The molecule has 21 heavy (non-hydrogen) atoms. The monoisotopic (exact) mass is 283 g/mol. The van der Waals surface area contributed by atoms with Gasteiger partial charge in [0.1, 0.15) is 18.2 Å². The maximum atomic E-state index is 14.2. The minimum Gasteiger partial charge on any atom is -0.488 e. The number of hydrogen-bond acceptors (Lipinski definition) is 2. The first-order chi connectivity index (χ1) is 10.3. The molecule has 1 N–H and O–H groups in total. The van der Waals surface area contributed by atoms with Gasteiger partial charge in [-0.25, -0.2) is 4.39 Å². The smallest absolute Gasteiger partial charge is 0.134 e. The van der Waals surface area contributed by atoms with Crippen LogP contribution in [0.4, 0.5) is 4.39 Å². The van der Waals surface area contributed by atoms with Crippen molar-refractivity contribution in [1.29, 1.82) is 0 Å². The highest BCUT2D eigenvalue weighted by Crippen LogP contribution is 2.32. The zero-order valence-corrected chi connectivity index (χ0v) is 11.8. The number of ether oxygens (including phenoxy) is 1. The van der Waals surface area contributed by atoms with Gasteiger partial charge >= 0.3 is 0 Å². The van der Waals surface area contributed by atoms with Crippen LogP contribution in [-0.4, -0.2) is 13.1 Å². The molecular weight excluding hydrogens is 265 g/mol. The molecular formula is C18H18FNO. The van der Waals surface area contributed by atoms with Gasteiger partial charge in [0.15, 0.2) is 0 Å². The lowest BCUT2D eigenvalue weighted by Gasteiger charge is -2.18. The lowest BCUT2D eigenvalue weighted by Crippen LogP contribution is -2.20. The third-order valence-corrected chi connectivity index (χ3v) is 3.60. The Kier molecular flexibility index (Phi) is 4.31. The van der Waals surface area contributed by atoms with E-state index in [-0.39, 0.29) is 5.82 Å². The van der Waals surface area contributed by atoms with Gasteiger partial charge in [-0.15, -0.1) is 0 Å². The summed E-state index contributed by atoms with van der Waals surface area (Å²) in [5, 5.41) is 3.24.